The van der Waals surface area contributed by atoms with Crippen LogP contribution in [0.25, 0.3) is 10.2 Å². The summed E-state index contributed by atoms with van der Waals surface area (Å²) in [4.78, 5) is 18.9. The number of nitrogens with zero attached hydrogens (tertiary/aromatic N) is 3. The van der Waals surface area contributed by atoms with Crippen LogP contribution in [-0.4, -0.2) is 80.5 Å². The maximum atomic E-state index is 13.1. The van der Waals surface area contributed by atoms with Crippen LogP contribution in [-0.2, 0) is 19.6 Å². The number of benzene rings is 1. The van der Waals surface area contributed by atoms with Crippen molar-refractivity contribution >= 4 is 37.5 Å². The Hall–Kier alpha value is -1.85. The molecular formula is C18H20N4O4S2. The minimum absolute atomic E-state index is 0.0270. The van der Waals surface area contributed by atoms with Crippen LogP contribution in [0.15, 0.2) is 39.8 Å². The van der Waals surface area contributed by atoms with Gasteiger partial charge in [0.25, 0.3) is 0 Å². The van der Waals surface area contributed by atoms with Crippen LogP contribution in [0.2, 0.25) is 0 Å². The van der Waals surface area contributed by atoms with Crippen molar-refractivity contribution in [1.82, 2.24) is 19.5 Å². The van der Waals surface area contributed by atoms with Gasteiger partial charge in [-0.25, -0.2) is 13.4 Å². The van der Waals surface area contributed by atoms with E-state index in [2.05, 4.69) is 10.3 Å². The fourth-order valence-corrected chi connectivity index (χ4v) is 6.21. The summed E-state index contributed by atoms with van der Waals surface area (Å²) >= 11 is 1.43. The fourth-order valence-electron chi connectivity index (χ4n) is 3.96. The maximum absolute atomic E-state index is 13.1. The molecule has 3 aliphatic heterocycles. The molecule has 8 nitrogen and oxygen atoms in total. The van der Waals surface area contributed by atoms with Crippen molar-refractivity contribution in [2.75, 3.05) is 45.9 Å². The van der Waals surface area contributed by atoms with Crippen LogP contribution in [0, 0.1) is 0 Å². The number of thiazole rings is 1. The molecule has 148 valence electrons. The molecule has 5 rings (SSSR count). The molecule has 28 heavy (non-hydrogen) atoms. The lowest BCUT2D eigenvalue weighted by atomic mass is 10.2. The molecule has 2 aromatic rings. The van der Waals surface area contributed by atoms with Gasteiger partial charge in [0, 0.05) is 32.7 Å². The number of fused-ring (bicyclic) bond motifs is 1. The van der Waals surface area contributed by atoms with E-state index >= 15 is 0 Å². The number of aromatic nitrogens is 1. The Morgan fingerprint density at radius 3 is 2.71 bits per heavy atom. The number of nitrogens with one attached hydrogen (secondary N) is 1. The topological polar surface area (TPSA) is 91.8 Å². The van der Waals surface area contributed by atoms with E-state index in [4.69, 9.17) is 4.74 Å². The molecule has 4 heterocycles. The number of carbonyl (C=O) groups excluding carboxylic acids is 1. The van der Waals surface area contributed by atoms with Crippen molar-refractivity contribution in [3.05, 3.63) is 34.9 Å². The molecule has 1 unspecified atom stereocenters. The van der Waals surface area contributed by atoms with Crippen LogP contribution in [0.1, 0.15) is 0 Å². The molecule has 0 bridgehead atoms. The van der Waals surface area contributed by atoms with E-state index in [0.717, 1.165) is 21.4 Å². The Labute approximate surface area is 166 Å². The number of rotatable bonds is 3. The van der Waals surface area contributed by atoms with E-state index in [-0.39, 0.29) is 11.9 Å². The summed E-state index contributed by atoms with van der Waals surface area (Å²) < 4.78 is 33.9. The molecule has 0 aliphatic carbocycles. The molecule has 1 atom stereocenters. The molecule has 10 heteroatoms. The van der Waals surface area contributed by atoms with E-state index < -0.39 is 10.0 Å². The van der Waals surface area contributed by atoms with Gasteiger partial charge in [-0.15, -0.1) is 11.3 Å². The van der Waals surface area contributed by atoms with Gasteiger partial charge in [-0.05, 0) is 29.3 Å². The van der Waals surface area contributed by atoms with Crippen LogP contribution in [0.4, 0.5) is 0 Å². The summed E-state index contributed by atoms with van der Waals surface area (Å²) in [5.74, 6) is 0.0270. The average molecular weight is 421 g/mol. The van der Waals surface area contributed by atoms with Gasteiger partial charge in [0.05, 0.1) is 33.8 Å². The second-order valence-electron chi connectivity index (χ2n) is 7.24. The number of carbonyl (C=O) groups is 1. The van der Waals surface area contributed by atoms with Crippen molar-refractivity contribution in [3.63, 3.8) is 0 Å². The van der Waals surface area contributed by atoms with Crippen LogP contribution >= 0.6 is 11.3 Å². The number of hydrogen-bond donors (Lipinski definition) is 1. The summed E-state index contributed by atoms with van der Waals surface area (Å²) in [5, 5.41) is 3.18. The molecule has 1 aromatic carbocycles. The number of ether oxygens (including phenoxy) is 1. The number of hydrogen-bond acceptors (Lipinski definition) is 7. The zero-order chi connectivity index (χ0) is 19.3. The SMILES string of the molecule is O=C(C1COCCN1)N1CC2=C(C1)CN(S(=O)(=O)c1ccc3ncsc3c1)C2. The van der Waals surface area contributed by atoms with Crippen molar-refractivity contribution in [1.29, 1.82) is 0 Å². The normalized spacial score (nSPS) is 23.6. The second kappa shape index (κ2) is 6.89. The van der Waals surface area contributed by atoms with E-state index in [9.17, 15) is 13.2 Å². The van der Waals surface area contributed by atoms with Gasteiger partial charge < -0.3 is 15.0 Å². The predicted octanol–water partition coefficient (Wildman–Crippen LogP) is 0.428. The minimum atomic E-state index is -3.57. The minimum Gasteiger partial charge on any atom is -0.378 e. The van der Waals surface area contributed by atoms with E-state index in [1.165, 1.54) is 15.6 Å². The predicted molar refractivity (Wildman–Crippen MR) is 105 cm³/mol. The molecule has 1 fully saturated rings. The smallest absolute Gasteiger partial charge is 0.243 e. The highest BCUT2D eigenvalue weighted by Gasteiger charge is 2.39. The van der Waals surface area contributed by atoms with E-state index in [1.807, 2.05) is 0 Å². The molecule has 0 radical (unpaired) electrons. The highest BCUT2D eigenvalue weighted by Crippen LogP contribution is 2.31. The molecule has 1 aromatic heterocycles. The van der Waals surface area contributed by atoms with Crippen LogP contribution in [0.5, 0.6) is 0 Å². The summed E-state index contributed by atoms with van der Waals surface area (Å²) in [6, 6.07) is 4.75. The lowest BCUT2D eigenvalue weighted by Gasteiger charge is -2.29. The monoisotopic (exact) mass is 420 g/mol. The Kier molecular flexibility index (Phi) is 4.48. The average Bonchev–Trinajstić information content (AvgIpc) is 3.41. The largest absolute Gasteiger partial charge is 0.378 e. The number of amides is 1. The first-order valence-corrected chi connectivity index (χ1v) is 11.5. The first-order chi connectivity index (χ1) is 13.5. The third kappa shape index (κ3) is 3.05. The third-order valence-corrected chi connectivity index (χ3v) is 8.05. The standard InChI is InChI=1S/C18H20N4O4S2/c23-18(16-10-26-4-3-19-16)21-6-12-8-22(9-13(12)7-21)28(24,25)14-1-2-15-17(5-14)27-11-20-15/h1-2,5,11,16,19H,3-4,6-10H2. The summed E-state index contributed by atoms with van der Waals surface area (Å²) in [6.07, 6.45) is 0. The second-order valence-corrected chi connectivity index (χ2v) is 10.1. The highest BCUT2D eigenvalue weighted by atomic mass is 32.2. The lowest BCUT2D eigenvalue weighted by Crippen LogP contribution is -2.52. The third-order valence-electron chi connectivity index (χ3n) is 5.47. The Morgan fingerprint density at radius 2 is 2.00 bits per heavy atom. The first-order valence-electron chi connectivity index (χ1n) is 9.15. The van der Waals surface area contributed by atoms with Gasteiger partial charge in [-0.3, -0.25) is 4.79 Å². The Balaban J connectivity index is 1.28. The molecule has 3 aliphatic rings. The van der Waals surface area contributed by atoms with Gasteiger partial charge in [0.1, 0.15) is 6.04 Å². The van der Waals surface area contributed by atoms with Crippen LogP contribution in [0.3, 0.4) is 0 Å². The van der Waals surface area contributed by atoms with Crippen molar-refractivity contribution in [3.8, 4) is 0 Å². The first kappa shape index (κ1) is 18.2. The van der Waals surface area contributed by atoms with Gasteiger partial charge in [0.2, 0.25) is 15.9 Å². The highest BCUT2D eigenvalue weighted by molar-refractivity contribution is 7.89. The zero-order valence-corrected chi connectivity index (χ0v) is 16.8. The van der Waals surface area contributed by atoms with E-state index in [0.29, 0.717) is 50.8 Å². The molecular weight excluding hydrogens is 400 g/mol. The Morgan fingerprint density at radius 1 is 1.21 bits per heavy atom. The summed E-state index contributed by atoms with van der Waals surface area (Å²) in [5.41, 5.74) is 4.59. The van der Waals surface area contributed by atoms with E-state index in [1.54, 1.807) is 28.6 Å². The fraction of sp³-hybridized carbons (Fsp3) is 0.444. The zero-order valence-electron chi connectivity index (χ0n) is 15.1. The van der Waals surface area contributed by atoms with Gasteiger partial charge >= 0.3 is 0 Å². The lowest BCUT2D eigenvalue weighted by molar-refractivity contribution is -0.135. The van der Waals surface area contributed by atoms with Crippen molar-refractivity contribution in [2.45, 2.75) is 10.9 Å². The molecule has 0 spiro atoms. The summed E-state index contributed by atoms with van der Waals surface area (Å²) in [7, 11) is -3.57. The van der Waals surface area contributed by atoms with Gasteiger partial charge in [-0.1, -0.05) is 0 Å². The van der Waals surface area contributed by atoms with Crippen LogP contribution < -0.4 is 5.32 Å². The summed E-state index contributed by atoms with van der Waals surface area (Å²) in [6.45, 7) is 3.36. The molecule has 1 saturated heterocycles. The maximum Gasteiger partial charge on any atom is 0.243 e. The van der Waals surface area contributed by atoms with Gasteiger partial charge in [-0.2, -0.15) is 4.31 Å². The number of morpholine rings is 1. The van der Waals surface area contributed by atoms with Gasteiger partial charge in [0.15, 0.2) is 0 Å². The Bertz CT molecular complexity index is 1050. The molecule has 1 N–H and O–H groups in total. The molecule has 0 saturated carbocycles. The quantitative estimate of drug-likeness (QED) is 0.724. The van der Waals surface area contributed by atoms with Crippen molar-refractivity contribution < 1.29 is 17.9 Å². The number of sulfonamides is 1. The molecule has 1 amide bonds. The van der Waals surface area contributed by atoms with Crippen molar-refractivity contribution in [2.24, 2.45) is 0 Å².